The lowest BCUT2D eigenvalue weighted by Gasteiger charge is -2.60. The Morgan fingerprint density at radius 3 is 2.50 bits per heavy atom. The third-order valence-electron chi connectivity index (χ3n) is 12.0. The Kier molecular flexibility index (Phi) is 5.05. The Balaban J connectivity index is 1.38. The van der Waals surface area contributed by atoms with Crippen molar-refractivity contribution >= 4 is 0 Å². The molecule has 5 saturated carbocycles. The van der Waals surface area contributed by atoms with E-state index in [0.717, 1.165) is 41.4 Å². The lowest BCUT2D eigenvalue weighted by Crippen LogP contribution is -2.56. The number of rotatable bonds is 6. The second-order valence-electron chi connectivity index (χ2n) is 13.3. The molecule has 3 heteroatoms. The van der Waals surface area contributed by atoms with Gasteiger partial charge >= 0.3 is 0 Å². The summed E-state index contributed by atoms with van der Waals surface area (Å²) in [7, 11) is 0. The monoisotopic (exact) mass is 411 g/mol. The zero-order valence-corrected chi connectivity index (χ0v) is 20.2. The maximum absolute atomic E-state index is 9.38. The number of hydrogen-bond acceptors (Lipinski definition) is 1. The van der Waals surface area contributed by atoms with Gasteiger partial charge in [-0.05, 0) is 115 Å². The van der Waals surface area contributed by atoms with Crippen LogP contribution < -0.4 is 0 Å². The molecule has 0 unspecified atom stereocenters. The molecular weight excluding hydrogens is 366 g/mol. The molecular formula is C27H45N3. The predicted molar refractivity (Wildman–Crippen MR) is 124 cm³/mol. The van der Waals surface area contributed by atoms with Crippen LogP contribution in [-0.2, 0) is 0 Å². The maximum Gasteiger partial charge on any atom is 0.0441 e. The number of nitrogens with zero attached hydrogens (tertiary/aromatic N) is 3. The van der Waals surface area contributed by atoms with E-state index in [2.05, 4.69) is 44.6 Å². The third-order valence-corrected chi connectivity index (χ3v) is 12.0. The molecule has 0 saturated heterocycles. The maximum atomic E-state index is 9.38. The van der Waals surface area contributed by atoms with Crippen LogP contribution in [0.3, 0.4) is 0 Å². The van der Waals surface area contributed by atoms with Crippen LogP contribution in [0.1, 0.15) is 105 Å². The Hall–Kier alpha value is -0.690. The summed E-state index contributed by atoms with van der Waals surface area (Å²) in [5, 5.41) is 4.50. The van der Waals surface area contributed by atoms with E-state index in [1.54, 1.807) is 0 Å². The topological polar surface area (TPSA) is 48.8 Å². The first kappa shape index (κ1) is 21.2. The molecule has 5 rings (SSSR count). The van der Waals surface area contributed by atoms with Gasteiger partial charge in [-0.2, -0.15) is 0 Å². The molecule has 0 aromatic carbocycles. The van der Waals surface area contributed by atoms with Crippen LogP contribution in [0.4, 0.5) is 0 Å². The van der Waals surface area contributed by atoms with E-state index in [1.807, 2.05) is 0 Å². The highest BCUT2D eigenvalue weighted by Gasteiger charge is 2.76. The first-order chi connectivity index (χ1) is 14.3. The minimum atomic E-state index is 0.283. The molecule has 0 bridgehead atoms. The summed E-state index contributed by atoms with van der Waals surface area (Å²) < 4.78 is 0. The SMILES string of the molecule is CC(C)CCC[C@@H](C)[C@H]1CC[C@H]2[C@@H]3C[C@H](N=[N+]=[N-])[C@]45C[C@@H]4CC[C@]5(C)[C@H]3CC[C@]12C. The standard InChI is InChI=1S/C27H45N3/c1-17(2)7-6-8-18(3)21-9-10-22-20-15-24(29-30-28)27-16-19(27)11-14-26(27,5)23(20)12-13-25(21,22)4/h17-24H,6-16H2,1-5H3/t18-,19+,20+,21-,22+,23+,24+,25-,26-,27+/m1/s1. The van der Waals surface area contributed by atoms with Gasteiger partial charge in [-0.1, -0.05) is 59.0 Å². The number of azide groups is 1. The molecule has 0 amide bonds. The van der Waals surface area contributed by atoms with Gasteiger partial charge in [-0.25, -0.2) is 0 Å². The van der Waals surface area contributed by atoms with Crippen molar-refractivity contribution in [2.45, 2.75) is 111 Å². The van der Waals surface area contributed by atoms with E-state index >= 15 is 0 Å². The zero-order chi connectivity index (χ0) is 21.3. The largest absolute Gasteiger partial charge is 0.0900 e. The molecule has 0 aliphatic heterocycles. The van der Waals surface area contributed by atoms with Gasteiger partial charge in [-0.3, -0.25) is 0 Å². The Bertz CT molecular complexity index is 726. The molecule has 0 heterocycles. The molecule has 0 N–H and O–H groups in total. The molecule has 10 atom stereocenters. The van der Waals surface area contributed by atoms with Crippen molar-refractivity contribution in [2.24, 2.45) is 62.8 Å². The third kappa shape index (κ3) is 2.72. The van der Waals surface area contributed by atoms with E-state index in [4.69, 9.17) is 0 Å². The van der Waals surface area contributed by atoms with Crippen molar-refractivity contribution in [3.8, 4) is 0 Å². The van der Waals surface area contributed by atoms with Crippen LogP contribution in [0, 0.1) is 57.7 Å². The van der Waals surface area contributed by atoms with Gasteiger partial charge in [0.2, 0.25) is 0 Å². The fourth-order valence-electron chi connectivity index (χ4n) is 10.5. The van der Waals surface area contributed by atoms with Crippen molar-refractivity contribution in [3.63, 3.8) is 0 Å². The van der Waals surface area contributed by atoms with Gasteiger partial charge < -0.3 is 0 Å². The molecule has 5 fully saturated rings. The molecule has 0 aromatic rings. The second-order valence-corrected chi connectivity index (χ2v) is 13.3. The zero-order valence-electron chi connectivity index (χ0n) is 20.2. The van der Waals surface area contributed by atoms with Crippen LogP contribution in [0.25, 0.3) is 10.4 Å². The van der Waals surface area contributed by atoms with Gasteiger partial charge in [0.05, 0.1) is 0 Å². The van der Waals surface area contributed by atoms with Gasteiger partial charge in [-0.15, -0.1) is 0 Å². The highest BCUT2D eigenvalue weighted by atomic mass is 15.2. The lowest BCUT2D eigenvalue weighted by molar-refractivity contribution is -0.111. The summed E-state index contributed by atoms with van der Waals surface area (Å²) in [5.41, 5.74) is 10.7. The highest BCUT2D eigenvalue weighted by Crippen LogP contribution is 2.82. The van der Waals surface area contributed by atoms with Crippen molar-refractivity contribution in [3.05, 3.63) is 10.4 Å². The van der Waals surface area contributed by atoms with Crippen LogP contribution in [0.2, 0.25) is 0 Å². The fourth-order valence-corrected chi connectivity index (χ4v) is 10.5. The average Bonchev–Trinajstić information content (AvgIpc) is 3.20. The fraction of sp³-hybridized carbons (Fsp3) is 1.00. The summed E-state index contributed by atoms with van der Waals surface area (Å²) in [6.45, 7) is 12.6. The van der Waals surface area contributed by atoms with E-state index in [0.29, 0.717) is 16.2 Å². The van der Waals surface area contributed by atoms with Crippen LogP contribution >= 0.6 is 0 Å². The molecule has 3 nitrogen and oxygen atoms in total. The molecule has 1 spiro atoms. The molecule has 5 aliphatic carbocycles. The molecule has 5 aliphatic rings. The van der Waals surface area contributed by atoms with Gasteiger partial charge in [0.15, 0.2) is 0 Å². The molecule has 0 aromatic heterocycles. The minimum absolute atomic E-state index is 0.283. The number of fused-ring (bicyclic) bond motifs is 4. The average molecular weight is 412 g/mol. The van der Waals surface area contributed by atoms with E-state index < -0.39 is 0 Å². The Morgan fingerprint density at radius 1 is 1.00 bits per heavy atom. The van der Waals surface area contributed by atoms with Crippen molar-refractivity contribution in [2.75, 3.05) is 0 Å². The van der Waals surface area contributed by atoms with Crippen molar-refractivity contribution in [1.29, 1.82) is 0 Å². The van der Waals surface area contributed by atoms with Crippen molar-refractivity contribution in [1.82, 2.24) is 0 Å². The van der Waals surface area contributed by atoms with E-state index in [9.17, 15) is 5.53 Å². The van der Waals surface area contributed by atoms with Gasteiger partial charge in [0, 0.05) is 11.0 Å². The minimum Gasteiger partial charge on any atom is -0.0900 e. The lowest BCUT2D eigenvalue weighted by atomic mass is 9.45. The summed E-state index contributed by atoms with van der Waals surface area (Å²) >= 11 is 0. The summed E-state index contributed by atoms with van der Waals surface area (Å²) in [5.74, 6) is 6.06. The van der Waals surface area contributed by atoms with Crippen LogP contribution in [0.5, 0.6) is 0 Å². The number of hydrogen-bond donors (Lipinski definition) is 0. The van der Waals surface area contributed by atoms with E-state index in [-0.39, 0.29) is 6.04 Å². The molecule has 0 radical (unpaired) electrons. The second kappa shape index (κ2) is 7.16. The molecule has 168 valence electrons. The van der Waals surface area contributed by atoms with Gasteiger partial charge in [0.1, 0.15) is 0 Å². The van der Waals surface area contributed by atoms with Crippen LogP contribution in [-0.4, -0.2) is 6.04 Å². The van der Waals surface area contributed by atoms with Crippen molar-refractivity contribution < 1.29 is 0 Å². The summed E-state index contributed by atoms with van der Waals surface area (Å²) in [4.78, 5) is 3.38. The quantitative estimate of drug-likeness (QED) is 0.239. The van der Waals surface area contributed by atoms with Gasteiger partial charge in [0.25, 0.3) is 0 Å². The first-order valence-electron chi connectivity index (χ1n) is 13.3. The Morgan fingerprint density at radius 2 is 1.80 bits per heavy atom. The Labute approximate surface area is 184 Å². The van der Waals surface area contributed by atoms with Crippen LogP contribution in [0.15, 0.2) is 5.11 Å². The van der Waals surface area contributed by atoms with E-state index in [1.165, 1.54) is 70.6 Å². The molecule has 30 heavy (non-hydrogen) atoms. The summed E-state index contributed by atoms with van der Waals surface area (Å²) in [6.07, 6.45) is 15.4. The highest BCUT2D eigenvalue weighted by molar-refractivity contribution is 5.27. The normalized spacial score (nSPS) is 52.1. The summed E-state index contributed by atoms with van der Waals surface area (Å²) in [6, 6.07) is 0.283. The smallest absolute Gasteiger partial charge is 0.0441 e. The predicted octanol–water partition coefficient (Wildman–Crippen LogP) is 8.40. The first-order valence-corrected chi connectivity index (χ1v) is 13.3.